The Morgan fingerprint density at radius 1 is 1.39 bits per heavy atom. The molecule has 0 aliphatic carbocycles. The normalized spacial score (nSPS) is 12.9. The lowest BCUT2D eigenvalue weighted by Gasteiger charge is -2.15. The fraction of sp³-hybridized carbons (Fsp3) is 0.333. The van der Waals surface area contributed by atoms with Crippen molar-refractivity contribution in [3.8, 4) is 0 Å². The Morgan fingerprint density at radius 2 is 2.17 bits per heavy atom. The highest BCUT2D eigenvalue weighted by Crippen LogP contribution is 2.38. The van der Waals surface area contributed by atoms with Gasteiger partial charge in [-0.05, 0) is 90.5 Å². The molecule has 0 aliphatic rings. The summed E-state index contributed by atoms with van der Waals surface area (Å²) in [6.07, 6.45) is 1.14. The molecule has 0 saturated heterocycles. The van der Waals surface area contributed by atoms with Gasteiger partial charge < -0.3 is 5.32 Å². The maximum Gasteiger partial charge on any atom is 0.0843 e. The smallest absolute Gasteiger partial charge is 0.0843 e. The minimum Gasteiger partial charge on any atom is -0.306 e. The van der Waals surface area contributed by atoms with E-state index in [0.717, 1.165) is 21.2 Å². The van der Waals surface area contributed by atoms with Gasteiger partial charge in [0.15, 0.2) is 0 Å². The van der Waals surface area contributed by atoms with E-state index < -0.39 is 0 Å². The monoisotopic (exact) mass is 519 g/mol. The third-order valence-corrected chi connectivity index (χ3v) is 7.60. The van der Waals surface area contributed by atoms with Crippen LogP contribution in [0.25, 0.3) is 0 Å². The van der Waals surface area contributed by atoms with Crippen molar-refractivity contribution in [2.24, 2.45) is 0 Å². The average molecular weight is 521 g/mol. The van der Waals surface area contributed by atoms with Gasteiger partial charge in [0.1, 0.15) is 0 Å². The molecule has 0 fully saturated rings. The van der Waals surface area contributed by atoms with E-state index in [9.17, 15) is 0 Å². The number of rotatable bonds is 5. The second kappa shape index (κ2) is 7.17. The first kappa shape index (κ1) is 15.4. The molecule has 2 aromatic rings. The van der Waals surface area contributed by atoms with E-state index in [1.807, 2.05) is 0 Å². The summed E-state index contributed by atoms with van der Waals surface area (Å²) in [5.74, 6) is 0. The number of hydrogen-bond acceptors (Lipinski definition) is 3. The molecule has 1 N–H and O–H groups in total. The summed E-state index contributed by atoms with van der Waals surface area (Å²) >= 11 is 13.1. The minimum absolute atomic E-state index is 0.303. The Morgan fingerprint density at radius 3 is 2.67 bits per heavy atom. The molecular weight excluding hydrogens is 509 g/mol. The van der Waals surface area contributed by atoms with Gasteiger partial charge in [0.25, 0.3) is 0 Å². The van der Waals surface area contributed by atoms with Gasteiger partial charge in [0.2, 0.25) is 0 Å². The van der Waals surface area contributed by atoms with E-state index in [1.54, 1.807) is 22.7 Å². The average Bonchev–Trinajstić information content (AvgIpc) is 2.88. The third kappa shape index (κ3) is 3.79. The standard InChI is InChI=1S/C12H12Br2INS2/c1-2-3-16-11(7-4-10(15)17-6-7)9-5-8(13)12(14)18-9/h4-6,11,16H,2-3H2,1H3. The lowest BCUT2D eigenvalue weighted by Crippen LogP contribution is -2.21. The highest BCUT2D eigenvalue weighted by molar-refractivity contribution is 14.1. The van der Waals surface area contributed by atoms with Crippen LogP contribution in [0.2, 0.25) is 0 Å². The lowest BCUT2D eigenvalue weighted by molar-refractivity contribution is 0.607. The Balaban J connectivity index is 2.30. The first-order valence-corrected chi connectivity index (χ1v) is 9.90. The highest BCUT2D eigenvalue weighted by Gasteiger charge is 2.18. The molecule has 2 heterocycles. The summed E-state index contributed by atoms with van der Waals surface area (Å²) in [4.78, 5) is 1.34. The first-order valence-electron chi connectivity index (χ1n) is 5.54. The molecule has 0 saturated carbocycles. The van der Waals surface area contributed by atoms with E-state index in [2.05, 4.69) is 84.2 Å². The Hall–Kier alpha value is 1.05. The zero-order valence-electron chi connectivity index (χ0n) is 9.67. The van der Waals surface area contributed by atoms with Crippen LogP contribution in [0.3, 0.4) is 0 Å². The van der Waals surface area contributed by atoms with Gasteiger partial charge in [-0.2, -0.15) is 0 Å². The second-order valence-corrected chi connectivity index (χ2v) is 9.90. The number of thiophene rings is 2. The predicted octanol–water partition coefficient (Wildman–Crippen LogP) is 6.03. The zero-order chi connectivity index (χ0) is 13.1. The number of hydrogen-bond donors (Lipinski definition) is 1. The molecule has 0 aliphatic heterocycles. The summed E-state index contributed by atoms with van der Waals surface area (Å²) in [5.41, 5.74) is 1.36. The maximum absolute atomic E-state index is 3.63. The molecule has 0 bridgehead atoms. The summed E-state index contributed by atoms with van der Waals surface area (Å²) in [5, 5.41) is 5.87. The molecule has 6 heteroatoms. The van der Waals surface area contributed by atoms with Crippen LogP contribution in [-0.2, 0) is 0 Å². The quantitative estimate of drug-likeness (QED) is 0.475. The molecule has 1 unspecified atom stereocenters. The zero-order valence-corrected chi connectivity index (χ0v) is 16.6. The van der Waals surface area contributed by atoms with Crippen molar-refractivity contribution in [2.45, 2.75) is 19.4 Å². The van der Waals surface area contributed by atoms with Crippen molar-refractivity contribution in [1.29, 1.82) is 0 Å². The van der Waals surface area contributed by atoms with Crippen molar-refractivity contribution in [2.75, 3.05) is 6.54 Å². The Bertz CT molecular complexity index is 504. The lowest BCUT2D eigenvalue weighted by atomic mass is 10.1. The van der Waals surface area contributed by atoms with Gasteiger partial charge in [0, 0.05) is 9.35 Å². The SMILES string of the molecule is CCCNC(c1csc(I)c1)c1cc(Br)c(Br)s1. The Kier molecular flexibility index (Phi) is 6.15. The predicted molar refractivity (Wildman–Crippen MR) is 96.9 cm³/mol. The van der Waals surface area contributed by atoms with Crippen molar-refractivity contribution in [3.63, 3.8) is 0 Å². The topological polar surface area (TPSA) is 12.0 Å². The summed E-state index contributed by atoms with van der Waals surface area (Å²) < 4.78 is 3.63. The molecule has 18 heavy (non-hydrogen) atoms. The van der Waals surface area contributed by atoms with Crippen LogP contribution in [0.5, 0.6) is 0 Å². The van der Waals surface area contributed by atoms with Gasteiger partial charge >= 0.3 is 0 Å². The van der Waals surface area contributed by atoms with Gasteiger partial charge in [-0.15, -0.1) is 22.7 Å². The van der Waals surface area contributed by atoms with Gasteiger partial charge in [0.05, 0.1) is 12.7 Å². The molecule has 0 amide bonds. The van der Waals surface area contributed by atoms with Gasteiger partial charge in [-0.1, -0.05) is 6.92 Å². The fourth-order valence-electron chi connectivity index (χ4n) is 1.65. The van der Waals surface area contributed by atoms with Crippen LogP contribution in [0.15, 0.2) is 25.8 Å². The number of halogens is 3. The molecule has 2 aromatic heterocycles. The van der Waals surface area contributed by atoms with Crippen molar-refractivity contribution in [1.82, 2.24) is 5.32 Å². The highest BCUT2D eigenvalue weighted by atomic mass is 127. The summed E-state index contributed by atoms with van der Waals surface area (Å²) in [7, 11) is 0. The van der Waals surface area contributed by atoms with E-state index in [0.29, 0.717) is 6.04 Å². The van der Waals surface area contributed by atoms with Crippen LogP contribution in [-0.4, -0.2) is 6.54 Å². The van der Waals surface area contributed by atoms with Crippen LogP contribution in [0, 0.1) is 2.88 Å². The van der Waals surface area contributed by atoms with E-state index in [4.69, 9.17) is 0 Å². The van der Waals surface area contributed by atoms with Gasteiger partial charge in [-0.3, -0.25) is 0 Å². The van der Waals surface area contributed by atoms with Crippen LogP contribution >= 0.6 is 77.1 Å². The second-order valence-electron chi connectivity index (χ2n) is 3.84. The summed E-state index contributed by atoms with van der Waals surface area (Å²) in [6.45, 7) is 3.23. The molecule has 0 radical (unpaired) electrons. The molecule has 0 aromatic carbocycles. The Labute approximate surface area is 146 Å². The first-order chi connectivity index (χ1) is 8.61. The van der Waals surface area contributed by atoms with Crippen LogP contribution < -0.4 is 5.32 Å². The summed E-state index contributed by atoms with van der Waals surface area (Å²) in [6, 6.07) is 4.77. The number of nitrogens with one attached hydrogen (secondary N) is 1. The van der Waals surface area contributed by atoms with E-state index >= 15 is 0 Å². The molecular formula is C12H12Br2INS2. The fourth-order valence-corrected chi connectivity index (χ4v) is 5.24. The van der Waals surface area contributed by atoms with Crippen molar-refractivity contribution in [3.05, 3.63) is 39.1 Å². The van der Waals surface area contributed by atoms with E-state index in [-0.39, 0.29) is 0 Å². The van der Waals surface area contributed by atoms with E-state index in [1.165, 1.54) is 13.3 Å². The van der Waals surface area contributed by atoms with Crippen LogP contribution in [0.1, 0.15) is 29.8 Å². The van der Waals surface area contributed by atoms with Crippen molar-refractivity contribution < 1.29 is 0 Å². The molecule has 98 valence electrons. The van der Waals surface area contributed by atoms with Crippen molar-refractivity contribution >= 4 is 77.1 Å². The maximum atomic E-state index is 3.63. The molecule has 1 nitrogen and oxygen atoms in total. The minimum atomic E-state index is 0.303. The largest absolute Gasteiger partial charge is 0.306 e. The van der Waals surface area contributed by atoms with Crippen LogP contribution in [0.4, 0.5) is 0 Å². The molecule has 0 spiro atoms. The molecule has 1 atom stereocenters. The third-order valence-electron chi connectivity index (χ3n) is 2.47. The molecule has 2 rings (SSSR count). The van der Waals surface area contributed by atoms with Gasteiger partial charge in [-0.25, -0.2) is 0 Å².